The number of aliphatic hydroxyl groups is 1. The molecule has 2 aliphatic rings. The molecular formula is C16H26N4O3. The van der Waals surface area contributed by atoms with Crippen LogP contribution in [0.2, 0.25) is 0 Å². The van der Waals surface area contributed by atoms with Crippen LogP contribution in [0.1, 0.15) is 24.3 Å². The first kappa shape index (κ1) is 16.4. The summed E-state index contributed by atoms with van der Waals surface area (Å²) >= 11 is 0. The van der Waals surface area contributed by atoms with E-state index in [0.717, 1.165) is 57.1 Å². The van der Waals surface area contributed by atoms with Crippen molar-refractivity contribution in [3.8, 4) is 0 Å². The number of hydrogen-bond acceptors (Lipinski definition) is 6. The molecule has 2 fully saturated rings. The van der Waals surface area contributed by atoms with Crippen LogP contribution in [0.15, 0.2) is 10.6 Å². The van der Waals surface area contributed by atoms with Crippen molar-refractivity contribution in [1.29, 1.82) is 0 Å². The maximum Gasteiger partial charge on any atom is 0.222 e. The smallest absolute Gasteiger partial charge is 0.222 e. The van der Waals surface area contributed by atoms with E-state index in [2.05, 4.69) is 15.0 Å². The Hall–Kier alpha value is -1.44. The van der Waals surface area contributed by atoms with Crippen molar-refractivity contribution in [2.45, 2.75) is 32.4 Å². The number of aryl methyl sites for hydroxylation is 1. The number of rotatable bonds is 6. The summed E-state index contributed by atoms with van der Waals surface area (Å²) in [5.41, 5.74) is 0.915. The van der Waals surface area contributed by atoms with E-state index in [-0.39, 0.29) is 5.91 Å². The van der Waals surface area contributed by atoms with Crippen LogP contribution in [-0.4, -0.2) is 82.8 Å². The third-order valence-corrected chi connectivity index (χ3v) is 4.59. The lowest BCUT2D eigenvalue weighted by molar-refractivity contribution is -0.129. The van der Waals surface area contributed by atoms with Crippen molar-refractivity contribution < 1.29 is 14.4 Å². The normalized spacial score (nSPS) is 22.0. The van der Waals surface area contributed by atoms with Gasteiger partial charge in [-0.15, -0.1) is 0 Å². The van der Waals surface area contributed by atoms with Gasteiger partial charge < -0.3 is 14.5 Å². The summed E-state index contributed by atoms with van der Waals surface area (Å²) in [5.74, 6) is 1.08. The summed E-state index contributed by atoms with van der Waals surface area (Å²) in [6, 6.07) is 1.98. The highest BCUT2D eigenvalue weighted by molar-refractivity contribution is 5.78. The van der Waals surface area contributed by atoms with E-state index >= 15 is 0 Å². The number of carbonyl (C=O) groups excluding carboxylic acids is 1. The molecule has 1 aromatic rings. The Morgan fingerprint density at radius 2 is 1.96 bits per heavy atom. The van der Waals surface area contributed by atoms with Gasteiger partial charge in [0.05, 0.1) is 18.3 Å². The lowest BCUT2D eigenvalue weighted by atomic mass is 10.2. The zero-order valence-electron chi connectivity index (χ0n) is 13.8. The molecule has 0 aliphatic carbocycles. The lowest BCUT2D eigenvalue weighted by Gasteiger charge is -2.35. The molecule has 7 nitrogen and oxygen atoms in total. The average Bonchev–Trinajstić information content (AvgIpc) is 3.10. The van der Waals surface area contributed by atoms with E-state index < -0.39 is 6.10 Å². The predicted octanol–water partition coefficient (Wildman–Crippen LogP) is 0.0839. The summed E-state index contributed by atoms with van der Waals surface area (Å²) in [7, 11) is 0. The first-order valence-corrected chi connectivity index (χ1v) is 8.43. The van der Waals surface area contributed by atoms with Crippen LogP contribution in [0, 0.1) is 6.92 Å². The van der Waals surface area contributed by atoms with Crippen LogP contribution in [0.3, 0.4) is 0 Å². The maximum atomic E-state index is 11.6. The van der Waals surface area contributed by atoms with Crippen molar-refractivity contribution >= 4 is 5.91 Å². The number of β-amino-alcohol motifs (C(OH)–C–C–N with tert-alkyl or cyclic N) is 1. The van der Waals surface area contributed by atoms with Crippen LogP contribution in [-0.2, 0) is 11.3 Å². The van der Waals surface area contributed by atoms with E-state index in [1.54, 1.807) is 4.90 Å². The largest absolute Gasteiger partial charge is 0.390 e. The first-order valence-electron chi connectivity index (χ1n) is 8.43. The molecule has 1 unspecified atom stereocenters. The molecule has 2 aliphatic heterocycles. The van der Waals surface area contributed by atoms with Crippen molar-refractivity contribution in [1.82, 2.24) is 19.9 Å². The molecular weight excluding hydrogens is 296 g/mol. The molecule has 0 saturated carbocycles. The Bertz CT molecular complexity index is 525. The molecule has 23 heavy (non-hydrogen) atoms. The molecule has 0 spiro atoms. The Balaban J connectivity index is 1.37. The molecule has 1 amide bonds. The van der Waals surface area contributed by atoms with Gasteiger partial charge in [0.2, 0.25) is 5.91 Å². The zero-order chi connectivity index (χ0) is 16.2. The molecule has 1 aromatic heterocycles. The molecule has 0 bridgehead atoms. The van der Waals surface area contributed by atoms with Crippen LogP contribution in [0.4, 0.5) is 0 Å². The minimum absolute atomic E-state index is 0.177. The fraction of sp³-hybridized carbons (Fsp3) is 0.750. The van der Waals surface area contributed by atoms with Gasteiger partial charge in [0.15, 0.2) is 5.76 Å². The molecule has 1 N–H and O–H groups in total. The van der Waals surface area contributed by atoms with Gasteiger partial charge in [0, 0.05) is 58.3 Å². The van der Waals surface area contributed by atoms with Gasteiger partial charge in [-0.1, -0.05) is 5.16 Å². The number of aliphatic hydroxyl groups excluding tert-OH is 1. The maximum absolute atomic E-state index is 11.6. The Morgan fingerprint density at radius 3 is 2.57 bits per heavy atom. The van der Waals surface area contributed by atoms with Gasteiger partial charge in [0.1, 0.15) is 0 Å². The fourth-order valence-electron chi connectivity index (χ4n) is 3.35. The Labute approximate surface area is 136 Å². The summed E-state index contributed by atoms with van der Waals surface area (Å²) in [6.07, 6.45) is 1.10. The molecule has 0 radical (unpaired) electrons. The topological polar surface area (TPSA) is 73.1 Å². The highest BCUT2D eigenvalue weighted by atomic mass is 16.5. The van der Waals surface area contributed by atoms with Crippen LogP contribution >= 0.6 is 0 Å². The molecule has 0 aromatic carbocycles. The number of aromatic nitrogens is 1. The van der Waals surface area contributed by atoms with Gasteiger partial charge in [-0.05, 0) is 13.3 Å². The second-order valence-corrected chi connectivity index (χ2v) is 6.61. The minimum atomic E-state index is -0.458. The summed E-state index contributed by atoms with van der Waals surface area (Å²) < 4.78 is 5.26. The third-order valence-electron chi connectivity index (χ3n) is 4.59. The number of piperazine rings is 1. The molecule has 128 valence electrons. The van der Waals surface area contributed by atoms with Crippen molar-refractivity contribution in [3.63, 3.8) is 0 Å². The highest BCUT2D eigenvalue weighted by Gasteiger charge is 2.25. The number of hydrogen-bond donors (Lipinski definition) is 1. The average molecular weight is 322 g/mol. The number of likely N-dealkylation sites (tertiary alicyclic amines) is 1. The monoisotopic (exact) mass is 322 g/mol. The van der Waals surface area contributed by atoms with Gasteiger partial charge in [-0.3, -0.25) is 14.6 Å². The summed E-state index contributed by atoms with van der Waals surface area (Å²) in [4.78, 5) is 18.0. The van der Waals surface area contributed by atoms with Gasteiger partial charge in [-0.2, -0.15) is 0 Å². The van der Waals surface area contributed by atoms with E-state index in [1.807, 2.05) is 13.0 Å². The molecule has 1 atom stereocenters. The minimum Gasteiger partial charge on any atom is -0.390 e. The number of nitrogens with zero attached hydrogens (tertiary/aromatic N) is 4. The predicted molar refractivity (Wildman–Crippen MR) is 84.8 cm³/mol. The molecule has 3 rings (SSSR count). The van der Waals surface area contributed by atoms with Crippen molar-refractivity contribution in [2.75, 3.05) is 45.8 Å². The van der Waals surface area contributed by atoms with Crippen LogP contribution in [0.25, 0.3) is 0 Å². The number of carbonyl (C=O) groups is 1. The van der Waals surface area contributed by atoms with Gasteiger partial charge in [0.25, 0.3) is 0 Å². The van der Waals surface area contributed by atoms with Gasteiger partial charge in [-0.25, -0.2) is 0 Å². The molecule has 3 heterocycles. The standard InChI is InChI=1S/C16H26N4O3/c1-13-9-15(23-17-13)12-19-7-5-18(6-8-19)10-14(21)11-20-4-2-3-16(20)22/h9,14,21H,2-8,10-12H2,1H3. The SMILES string of the molecule is Cc1cc(CN2CCN(CC(O)CN3CCCC3=O)CC2)on1. The van der Waals surface area contributed by atoms with E-state index in [4.69, 9.17) is 4.52 Å². The summed E-state index contributed by atoms with van der Waals surface area (Å²) in [5, 5.41) is 14.1. The Morgan fingerprint density at radius 1 is 1.22 bits per heavy atom. The quantitative estimate of drug-likeness (QED) is 0.800. The first-order chi connectivity index (χ1) is 11.1. The highest BCUT2D eigenvalue weighted by Crippen LogP contribution is 2.12. The fourth-order valence-corrected chi connectivity index (χ4v) is 3.35. The van der Waals surface area contributed by atoms with Crippen LogP contribution in [0.5, 0.6) is 0 Å². The van der Waals surface area contributed by atoms with Crippen molar-refractivity contribution in [2.24, 2.45) is 0 Å². The molecule has 2 saturated heterocycles. The third kappa shape index (κ3) is 4.53. The zero-order valence-corrected chi connectivity index (χ0v) is 13.8. The second-order valence-electron chi connectivity index (χ2n) is 6.61. The van der Waals surface area contributed by atoms with E-state index in [9.17, 15) is 9.90 Å². The van der Waals surface area contributed by atoms with Gasteiger partial charge >= 0.3 is 0 Å². The summed E-state index contributed by atoms with van der Waals surface area (Å²) in [6.45, 7) is 8.38. The van der Waals surface area contributed by atoms with E-state index in [1.165, 1.54) is 0 Å². The second kappa shape index (κ2) is 7.42. The van der Waals surface area contributed by atoms with E-state index in [0.29, 0.717) is 19.5 Å². The number of amides is 1. The lowest BCUT2D eigenvalue weighted by Crippen LogP contribution is -2.49. The van der Waals surface area contributed by atoms with Crippen molar-refractivity contribution in [3.05, 3.63) is 17.5 Å². The molecule has 7 heteroatoms. The Kier molecular flexibility index (Phi) is 5.30. The van der Waals surface area contributed by atoms with Crippen LogP contribution < -0.4 is 0 Å².